The van der Waals surface area contributed by atoms with Gasteiger partial charge < -0.3 is 19.1 Å². The summed E-state index contributed by atoms with van der Waals surface area (Å²) in [4.78, 5) is 27.1. The second-order valence-corrected chi connectivity index (χ2v) is 6.84. The van der Waals surface area contributed by atoms with E-state index in [9.17, 15) is 9.59 Å². The zero-order chi connectivity index (χ0) is 17.8. The van der Waals surface area contributed by atoms with Crippen molar-refractivity contribution in [3.63, 3.8) is 0 Å². The lowest BCUT2D eigenvalue weighted by molar-refractivity contribution is -0.151. The molecule has 5 atom stereocenters. The molecule has 0 aliphatic carbocycles. The molecule has 25 heavy (non-hydrogen) atoms. The number of nitrogens with zero attached hydrogens (tertiary/aromatic N) is 1. The summed E-state index contributed by atoms with van der Waals surface area (Å²) in [7, 11) is 2.97. The van der Waals surface area contributed by atoms with Crippen molar-refractivity contribution < 1.29 is 23.8 Å². The van der Waals surface area contributed by atoms with Crippen LogP contribution in [0.3, 0.4) is 0 Å². The number of benzene rings is 1. The van der Waals surface area contributed by atoms with Crippen molar-refractivity contribution in [3.05, 3.63) is 42.0 Å². The van der Waals surface area contributed by atoms with Crippen LogP contribution in [-0.4, -0.2) is 49.2 Å². The summed E-state index contributed by atoms with van der Waals surface area (Å²) in [6.07, 6.45) is 3.47. The van der Waals surface area contributed by atoms with Gasteiger partial charge in [0.15, 0.2) is 0 Å². The molecule has 3 aliphatic rings. The fourth-order valence-electron chi connectivity index (χ4n) is 4.32. The van der Waals surface area contributed by atoms with Crippen molar-refractivity contribution >= 4 is 11.9 Å². The lowest BCUT2D eigenvalue weighted by atomic mass is 9.77. The minimum Gasteiger partial charge on any atom is -0.497 e. The third kappa shape index (κ3) is 2.20. The Balaban J connectivity index is 1.62. The number of amides is 1. The SMILES string of the molecule is COC(=O)[C@@H]1[C@H]2C(=O)N([C@H](C)c3ccc(OC)cc3)C[C@]23C=C[C@H]1O3. The molecule has 2 fully saturated rings. The Kier molecular flexibility index (Phi) is 3.61. The summed E-state index contributed by atoms with van der Waals surface area (Å²) in [5, 5.41) is 0. The molecule has 3 aliphatic heterocycles. The molecule has 0 N–H and O–H groups in total. The van der Waals surface area contributed by atoms with Crippen molar-refractivity contribution in [2.45, 2.75) is 24.7 Å². The number of hydrogen-bond donors (Lipinski definition) is 0. The van der Waals surface area contributed by atoms with Gasteiger partial charge in [0.2, 0.25) is 5.91 Å². The first-order valence-corrected chi connectivity index (χ1v) is 8.40. The van der Waals surface area contributed by atoms with Crippen LogP contribution in [0, 0.1) is 11.8 Å². The first-order valence-electron chi connectivity index (χ1n) is 8.40. The fraction of sp³-hybridized carbons (Fsp3) is 0.474. The van der Waals surface area contributed by atoms with Crippen LogP contribution in [0.4, 0.5) is 0 Å². The Bertz CT molecular complexity index is 743. The normalized spacial score (nSPS) is 33.5. The number of rotatable bonds is 4. The molecule has 132 valence electrons. The Labute approximate surface area is 146 Å². The maximum absolute atomic E-state index is 13.1. The van der Waals surface area contributed by atoms with Crippen LogP contribution in [0.15, 0.2) is 36.4 Å². The molecule has 0 aromatic heterocycles. The van der Waals surface area contributed by atoms with Crippen LogP contribution in [-0.2, 0) is 19.1 Å². The smallest absolute Gasteiger partial charge is 0.312 e. The molecule has 1 spiro atoms. The third-order valence-electron chi connectivity index (χ3n) is 5.67. The molecule has 1 aromatic carbocycles. The van der Waals surface area contributed by atoms with Crippen LogP contribution < -0.4 is 4.74 Å². The Morgan fingerprint density at radius 3 is 2.68 bits per heavy atom. The number of esters is 1. The molecular formula is C19H21NO5. The quantitative estimate of drug-likeness (QED) is 0.615. The summed E-state index contributed by atoms with van der Waals surface area (Å²) in [5.74, 6) is -0.722. The van der Waals surface area contributed by atoms with Gasteiger partial charge in [-0.2, -0.15) is 0 Å². The van der Waals surface area contributed by atoms with Gasteiger partial charge in [0.05, 0.1) is 38.8 Å². The van der Waals surface area contributed by atoms with Crippen molar-refractivity contribution in [2.24, 2.45) is 11.8 Å². The van der Waals surface area contributed by atoms with E-state index in [4.69, 9.17) is 14.2 Å². The van der Waals surface area contributed by atoms with E-state index in [2.05, 4.69) is 0 Å². The van der Waals surface area contributed by atoms with Crippen LogP contribution in [0.1, 0.15) is 18.5 Å². The molecular weight excluding hydrogens is 322 g/mol. The van der Waals surface area contributed by atoms with Crippen LogP contribution in [0.25, 0.3) is 0 Å². The van der Waals surface area contributed by atoms with E-state index in [1.54, 1.807) is 12.0 Å². The molecule has 6 heteroatoms. The Morgan fingerprint density at radius 2 is 2.04 bits per heavy atom. The van der Waals surface area contributed by atoms with Gasteiger partial charge >= 0.3 is 5.97 Å². The number of carbonyl (C=O) groups is 2. The molecule has 1 amide bonds. The standard InChI is InChI=1S/C19H21NO5/c1-11(12-4-6-13(23-2)7-5-12)20-10-19-9-8-14(25-19)15(18(22)24-3)16(19)17(20)21/h4-9,11,14-16H,10H2,1-3H3/t11-,14-,15+,16+,19-/m1/s1. The zero-order valence-corrected chi connectivity index (χ0v) is 14.5. The van der Waals surface area contributed by atoms with E-state index in [1.807, 2.05) is 43.3 Å². The van der Waals surface area contributed by atoms with Gasteiger partial charge in [-0.1, -0.05) is 24.3 Å². The maximum Gasteiger partial charge on any atom is 0.312 e. The lowest BCUT2D eigenvalue weighted by Crippen LogP contribution is -2.39. The van der Waals surface area contributed by atoms with E-state index in [-0.39, 0.29) is 24.0 Å². The predicted molar refractivity (Wildman–Crippen MR) is 88.9 cm³/mol. The summed E-state index contributed by atoms with van der Waals surface area (Å²) < 4.78 is 16.1. The second kappa shape index (κ2) is 5.59. The minimum absolute atomic E-state index is 0.0504. The average molecular weight is 343 g/mol. The van der Waals surface area contributed by atoms with Gasteiger partial charge in [-0.3, -0.25) is 9.59 Å². The molecule has 0 saturated carbocycles. The lowest BCUT2D eigenvalue weighted by Gasteiger charge is -2.27. The van der Waals surface area contributed by atoms with Crippen molar-refractivity contribution in [1.82, 2.24) is 4.90 Å². The molecule has 6 nitrogen and oxygen atoms in total. The fourth-order valence-corrected chi connectivity index (χ4v) is 4.32. The topological polar surface area (TPSA) is 65.1 Å². The number of ether oxygens (including phenoxy) is 3. The summed E-state index contributed by atoms with van der Waals surface area (Å²) in [5.41, 5.74) is 0.306. The van der Waals surface area contributed by atoms with Gasteiger partial charge in [0.25, 0.3) is 0 Å². The highest BCUT2D eigenvalue weighted by Gasteiger charge is 2.67. The second-order valence-electron chi connectivity index (χ2n) is 6.84. The third-order valence-corrected chi connectivity index (χ3v) is 5.67. The van der Waals surface area contributed by atoms with E-state index in [1.165, 1.54) is 7.11 Å². The molecule has 1 aromatic rings. The van der Waals surface area contributed by atoms with Crippen molar-refractivity contribution in [1.29, 1.82) is 0 Å². The number of carbonyl (C=O) groups excluding carboxylic acids is 2. The van der Waals surface area contributed by atoms with Crippen LogP contribution in [0.5, 0.6) is 5.75 Å². The van der Waals surface area contributed by atoms with Crippen LogP contribution >= 0.6 is 0 Å². The van der Waals surface area contributed by atoms with E-state index in [0.29, 0.717) is 6.54 Å². The predicted octanol–water partition coefficient (Wildman–Crippen LogP) is 1.71. The molecule has 4 rings (SSSR count). The van der Waals surface area contributed by atoms with E-state index >= 15 is 0 Å². The molecule has 0 radical (unpaired) electrons. The molecule has 0 unspecified atom stereocenters. The monoisotopic (exact) mass is 343 g/mol. The summed E-state index contributed by atoms with van der Waals surface area (Å²) in [6.45, 7) is 2.44. The first-order chi connectivity index (χ1) is 12.0. The average Bonchev–Trinajstić information content (AvgIpc) is 3.29. The summed E-state index contributed by atoms with van der Waals surface area (Å²) >= 11 is 0. The summed E-state index contributed by atoms with van der Waals surface area (Å²) in [6, 6.07) is 7.55. The molecule has 2 bridgehead atoms. The van der Waals surface area contributed by atoms with Gasteiger partial charge in [0, 0.05) is 0 Å². The van der Waals surface area contributed by atoms with Crippen molar-refractivity contribution in [3.8, 4) is 5.75 Å². The molecule has 2 saturated heterocycles. The number of methoxy groups -OCH3 is 2. The highest BCUT2D eigenvalue weighted by atomic mass is 16.5. The Morgan fingerprint density at radius 1 is 1.32 bits per heavy atom. The highest BCUT2D eigenvalue weighted by molar-refractivity contribution is 5.91. The van der Waals surface area contributed by atoms with E-state index in [0.717, 1.165) is 11.3 Å². The highest BCUT2D eigenvalue weighted by Crippen LogP contribution is 2.53. The van der Waals surface area contributed by atoms with Crippen molar-refractivity contribution in [2.75, 3.05) is 20.8 Å². The largest absolute Gasteiger partial charge is 0.497 e. The zero-order valence-electron chi connectivity index (χ0n) is 14.5. The number of hydrogen-bond acceptors (Lipinski definition) is 5. The van der Waals surface area contributed by atoms with Gasteiger partial charge in [-0.05, 0) is 24.6 Å². The number of likely N-dealkylation sites (tertiary alicyclic amines) is 1. The van der Waals surface area contributed by atoms with Gasteiger partial charge in [-0.25, -0.2) is 0 Å². The Hall–Kier alpha value is -2.34. The minimum atomic E-state index is -0.707. The molecule has 3 heterocycles. The first kappa shape index (κ1) is 16.1. The maximum atomic E-state index is 13.1. The van der Waals surface area contributed by atoms with Gasteiger partial charge in [-0.15, -0.1) is 0 Å². The van der Waals surface area contributed by atoms with Crippen LogP contribution in [0.2, 0.25) is 0 Å². The number of fused-ring (bicyclic) bond motifs is 1. The van der Waals surface area contributed by atoms with E-state index < -0.39 is 17.4 Å². The van der Waals surface area contributed by atoms with Gasteiger partial charge in [0.1, 0.15) is 17.3 Å².